The lowest BCUT2D eigenvalue weighted by atomic mass is 10.1. The molecule has 0 bridgehead atoms. The summed E-state index contributed by atoms with van der Waals surface area (Å²) in [7, 11) is 0. The van der Waals surface area contributed by atoms with Gasteiger partial charge in [0.1, 0.15) is 17.3 Å². The van der Waals surface area contributed by atoms with Crippen LogP contribution in [0.1, 0.15) is 27.4 Å². The van der Waals surface area contributed by atoms with Crippen LogP contribution in [0, 0.1) is 13.8 Å². The first-order valence-corrected chi connectivity index (χ1v) is 7.59. The van der Waals surface area contributed by atoms with Crippen LogP contribution < -0.4 is 10.6 Å². The molecule has 6 heteroatoms. The van der Waals surface area contributed by atoms with E-state index >= 15 is 0 Å². The summed E-state index contributed by atoms with van der Waals surface area (Å²) >= 11 is 0. The molecule has 0 saturated carbocycles. The zero-order valence-corrected chi connectivity index (χ0v) is 13.5. The van der Waals surface area contributed by atoms with Crippen molar-refractivity contribution < 1.29 is 9.21 Å². The van der Waals surface area contributed by atoms with E-state index in [0.29, 0.717) is 12.4 Å². The van der Waals surface area contributed by atoms with Crippen LogP contribution in [0.4, 0.5) is 11.5 Å². The van der Waals surface area contributed by atoms with E-state index in [2.05, 4.69) is 20.6 Å². The van der Waals surface area contributed by atoms with Gasteiger partial charge in [0.25, 0.3) is 5.91 Å². The quantitative estimate of drug-likeness (QED) is 0.751. The highest BCUT2D eigenvalue weighted by Crippen LogP contribution is 2.18. The van der Waals surface area contributed by atoms with E-state index in [1.54, 1.807) is 6.26 Å². The number of furan rings is 1. The third-order valence-electron chi connectivity index (χ3n) is 3.76. The molecular weight excluding hydrogens is 304 g/mol. The number of anilines is 2. The summed E-state index contributed by atoms with van der Waals surface area (Å²) in [5, 5.41) is 5.94. The fourth-order valence-corrected chi connectivity index (χ4v) is 2.20. The molecule has 3 rings (SSSR count). The number of nitrogens with zero attached hydrogens (tertiary/aromatic N) is 2. The van der Waals surface area contributed by atoms with Gasteiger partial charge in [-0.3, -0.25) is 4.79 Å². The van der Waals surface area contributed by atoms with Crippen LogP contribution in [-0.2, 0) is 6.54 Å². The number of hydrogen-bond donors (Lipinski definition) is 2. The summed E-state index contributed by atoms with van der Waals surface area (Å²) in [6.45, 7) is 4.48. The molecule has 2 aromatic heterocycles. The standard InChI is InChI=1S/C18H18N4O2/c1-12-5-3-7-15(13(12)2)22-18(23)16-10-21-17(11-19-16)20-9-14-6-4-8-24-14/h3-8,10-11H,9H2,1-2H3,(H,20,21)(H,22,23). The summed E-state index contributed by atoms with van der Waals surface area (Å²) in [6.07, 6.45) is 4.59. The molecule has 0 aliphatic carbocycles. The summed E-state index contributed by atoms with van der Waals surface area (Å²) in [5.74, 6) is 1.09. The first kappa shape index (κ1) is 15.7. The number of rotatable bonds is 5. The first-order valence-electron chi connectivity index (χ1n) is 7.59. The average Bonchev–Trinajstić information content (AvgIpc) is 3.11. The van der Waals surface area contributed by atoms with E-state index in [9.17, 15) is 4.79 Å². The fourth-order valence-electron chi connectivity index (χ4n) is 2.20. The molecule has 0 aliphatic heterocycles. The molecule has 0 spiro atoms. The number of aryl methyl sites for hydroxylation is 1. The van der Waals surface area contributed by atoms with Crippen LogP contribution in [0.2, 0.25) is 0 Å². The predicted molar refractivity (Wildman–Crippen MR) is 91.9 cm³/mol. The van der Waals surface area contributed by atoms with Crippen LogP contribution in [0.3, 0.4) is 0 Å². The summed E-state index contributed by atoms with van der Waals surface area (Å²) in [6, 6.07) is 9.47. The maximum absolute atomic E-state index is 12.3. The number of aromatic nitrogens is 2. The van der Waals surface area contributed by atoms with Gasteiger partial charge < -0.3 is 15.1 Å². The van der Waals surface area contributed by atoms with Crippen molar-refractivity contribution in [3.8, 4) is 0 Å². The normalized spacial score (nSPS) is 10.4. The van der Waals surface area contributed by atoms with E-state index in [0.717, 1.165) is 22.6 Å². The molecule has 24 heavy (non-hydrogen) atoms. The van der Waals surface area contributed by atoms with Crippen LogP contribution in [-0.4, -0.2) is 15.9 Å². The molecule has 0 fully saturated rings. The molecule has 0 saturated heterocycles. The molecule has 0 atom stereocenters. The Bertz CT molecular complexity index is 827. The predicted octanol–water partition coefficient (Wildman–Crippen LogP) is 3.55. The highest BCUT2D eigenvalue weighted by Gasteiger charge is 2.10. The van der Waals surface area contributed by atoms with E-state index in [1.165, 1.54) is 12.4 Å². The van der Waals surface area contributed by atoms with Gasteiger partial charge in [-0.15, -0.1) is 0 Å². The summed E-state index contributed by atoms with van der Waals surface area (Å²) < 4.78 is 5.23. The monoisotopic (exact) mass is 322 g/mol. The molecular formula is C18H18N4O2. The smallest absolute Gasteiger partial charge is 0.275 e. The number of nitrogens with one attached hydrogen (secondary N) is 2. The lowest BCUT2D eigenvalue weighted by Crippen LogP contribution is -2.15. The van der Waals surface area contributed by atoms with Crippen molar-refractivity contribution in [2.45, 2.75) is 20.4 Å². The molecule has 0 radical (unpaired) electrons. The molecule has 122 valence electrons. The fraction of sp³-hybridized carbons (Fsp3) is 0.167. The topological polar surface area (TPSA) is 80.0 Å². The Morgan fingerprint density at radius 1 is 1.12 bits per heavy atom. The largest absolute Gasteiger partial charge is 0.467 e. The maximum Gasteiger partial charge on any atom is 0.275 e. The van der Waals surface area contributed by atoms with Crippen LogP contribution in [0.5, 0.6) is 0 Å². The number of benzene rings is 1. The second-order valence-electron chi connectivity index (χ2n) is 5.42. The van der Waals surface area contributed by atoms with Gasteiger partial charge in [0, 0.05) is 5.69 Å². The second-order valence-corrected chi connectivity index (χ2v) is 5.42. The number of carbonyl (C=O) groups is 1. The highest BCUT2D eigenvalue weighted by molar-refractivity contribution is 6.03. The number of hydrogen-bond acceptors (Lipinski definition) is 5. The molecule has 2 heterocycles. The molecule has 1 aromatic carbocycles. The number of amides is 1. The van der Waals surface area contributed by atoms with E-state index < -0.39 is 0 Å². The molecule has 3 aromatic rings. The average molecular weight is 322 g/mol. The minimum Gasteiger partial charge on any atom is -0.467 e. The van der Waals surface area contributed by atoms with Crippen molar-refractivity contribution in [1.82, 2.24) is 9.97 Å². The van der Waals surface area contributed by atoms with Gasteiger partial charge in [-0.25, -0.2) is 9.97 Å². The molecule has 1 amide bonds. The Balaban J connectivity index is 1.64. The van der Waals surface area contributed by atoms with Gasteiger partial charge >= 0.3 is 0 Å². The zero-order chi connectivity index (χ0) is 16.9. The minimum absolute atomic E-state index is 0.263. The van der Waals surface area contributed by atoms with Crippen molar-refractivity contribution in [2.24, 2.45) is 0 Å². The van der Waals surface area contributed by atoms with Gasteiger partial charge in [0.2, 0.25) is 0 Å². The Kier molecular flexibility index (Phi) is 4.56. The SMILES string of the molecule is Cc1cccc(NC(=O)c2cnc(NCc3ccco3)cn2)c1C. The minimum atomic E-state index is -0.284. The van der Waals surface area contributed by atoms with Crippen molar-refractivity contribution >= 4 is 17.4 Å². The Hall–Kier alpha value is -3.15. The second kappa shape index (κ2) is 6.95. The molecule has 2 N–H and O–H groups in total. The summed E-state index contributed by atoms with van der Waals surface area (Å²) in [4.78, 5) is 20.6. The van der Waals surface area contributed by atoms with Crippen molar-refractivity contribution in [3.05, 3.63) is 71.6 Å². The van der Waals surface area contributed by atoms with Gasteiger partial charge in [0.05, 0.1) is 25.2 Å². The molecule has 0 unspecified atom stereocenters. The van der Waals surface area contributed by atoms with Crippen molar-refractivity contribution in [1.29, 1.82) is 0 Å². The van der Waals surface area contributed by atoms with Gasteiger partial charge in [-0.1, -0.05) is 12.1 Å². The third kappa shape index (κ3) is 3.60. The lowest BCUT2D eigenvalue weighted by molar-refractivity contribution is 0.102. The van der Waals surface area contributed by atoms with E-state index in [4.69, 9.17) is 4.42 Å². The maximum atomic E-state index is 12.3. The van der Waals surface area contributed by atoms with Crippen molar-refractivity contribution in [2.75, 3.05) is 10.6 Å². The van der Waals surface area contributed by atoms with Gasteiger partial charge in [0.15, 0.2) is 0 Å². The number of carbonyl (C=O) groups excluding carboxylic acids is 1. The molecule has 0 aliphatic rings. The Morgan fingerprint density at radius 2 is 2.00 bits per heavy atom. The first-order chi connectivity index (χ1) is 11.6. The third-order valence-corrected chi connectivity index (χ3v) is 3.76. The van der Waals surface area contributed by atoms with Crippen LogP contribution >= 0.6 is 0 Å². The van der Waals surface area contributed by atoms with E-state index in [1.807, 2.05) is 44.2 Å². The Morgan fingerprint density at radius 3 is 2.71 bits per heavy atom. The van der Waals surface area contributed by atoms with Crippen molar-refractivity contribution in [3.63, 3.8) is 0 Å². The zero-order valence-electron chi connectivity index (χ0n) is 13.5. The highest BCUT2D eigenvalue weighted by atomic mass is 16.3. The van der Waals surface area contributed by atoms with Gasteiger partial charge in [-0.05, 0) is 43.2 Å². The van der Waals surface area contributed by atoms with E-state index in [-0.39, 0.29) is 11.6 Å². The van der Waals surface area contributed by atoms with Crippen LogP contribution in [0.15, 0.2) is 53.4 Å². The summed E-state index contributed by atoms with van der Waals surface area (Å²) in [5.41, 5.74) is 3.20. The Labute approximate surface area is 140 Å². The molecule has 6 nitrogen and oxygen atoms in total. The van der Waals surface area contributed by atoms with Crippen LogP contribution in [0.25, 0.3) is 0 Å². The van der Waals surface area contributed by atoms with Gasteiger partial charge in [-0.2, -0.15) is 0 Å². The lowest BCUT2D eigenvalue weighted by Gasteiger charge is -2.10.